The van der Waals surface area contributed by atoms with E-state index >= 15 is 0 Å². The van der Waals surface area contributed by atoms with Gasteiger partial charge in [-0.05, 0) is 36.6 Å². The van der Waals surface area contributed by atoms with Gasteiger partial charge in [0.1, 0.15) is 11.9 Å². The highest BCUT2D eigenvalue weighted by molar-refractivity contribution is 6.33. The third-order valence-electron chi connectivity index (χ3n) is 3.58. The van der Waals surface area contributed by atoms with Gasteiger partial charge in [-0.1, -0.05) is 35.9 Å². The molecule has 2 aromatic carbocycles. The van der Waals surface area contributed by atoms with Gasteiger partial charge < -0.3 is 10.6 Å². The van der Waals surface area contributed by atoms with Crippen LogP contribution in [-0.2, 0) is 11.2 Å². The lowest BCUT2D eigenvalue weighted by atomic mass is 10.1. The highest BCUT2D eigenvalue weighted by atomic mass is 35.5. The quantitative estimate of drug-likeness (QED) is 0.885. The molecule has 0 aliphatic carbocycles. The van der Waals surface area contributed by atoms with Gasteiger partial charge in [0, 0.05) is 5.69 Å². The number of para-hydroxylation sites is 2. The van der Waals surface area contributed by atoms with Crippen molar-refractivity contribution in [3.63, 3.8) is 0 Å². The third kappa shape index (κ3) is 2.85. The molecule has 0 saturated heterocycles. The van der Waals surface area contributed by atoms with Gasteiger partial charge in [-0.3, -0.25) is 4.79 Å². The molecule has 5 heteroatoms. The van der Waals surface area contributed by atoms with Gasteiger partial charge in [-0.2, -0.15) is 0 Å². The Morgan fingerprint density at radius 2 is 2.00 bits per heavy atom. The van der Waals surface area contributed by atoms with Crippen molar-refractivity contribution in [2.75, 3.05) is 10.6 Å². The van der Waals surface area contributed by atoms with E-state index in [1.807, 2.05) is 24.3 Å². The molecule has 1 unspecified atom stereocenters. The van der Waals surface area contributed by atoms with Crippen LogP contribution in [0.25, 0.3) is 0 Å². The minimum Gasteiger partial charge on any atom is -0.370 e. The minimum atomic E-state index is -0.521. The number of fused-ring (bicyclic) bond motifs is 1. The fraction of sp³-hybridized carbons (Fsp3) is 0.188. The molecule has 2 aromatic rings. The van der Waals surface area contributed by atoms with E-state index in [-0.39, 0.29) is 16.6 Å². The highest BCUT2D eigenvalue weighted by Gasteiger charge is 2.24. The smallest absolute Gasteiger partial charge is 0.246 e. The maximum absolute atomic E-state index is 13.8. The summed E-state index contributed by atoms with van der Waals surface area (Å²) in [5, 5.41) is 6.06. The standard InChI is InChI=1S/C16H14ClFN2O/c17-11-5-3-6-12(18)15(11)19-14-9-8-10-4-1-2-7-13(10)20-16(14)21/h1-7,14,19H,8-9H2,(H,20,21). The first-order chi connectivity index (χ1) is 10.1. The van der Waals surface area contributed by atoms with Crippen molar-refractivity contribution in [3.8, 4) is 0 Å². The molecule has 3 rings (SSSR count). The van der Waals surface area contributed by atoms with Crippen molar-refractivity contribution in [1.29, 1.82) is 0 Å². The molecule has 108 valence electrons. The normalized spacial score (nSPS) is 17.6. The van der Waals surface area contributed by atoms with Crippen LogP contribution in [0.3, 0.4) is 0 Å². The number of anilines is 2. The first-order valence-corrected chi connectivity index (χ1v) is 7.12. The second-order valence-corrected chi connectivity index (χ2v) is 5.39. The van der Waals surface area contributed by atoms with Crippen molar-refractivity contribution in [3.05, 3.63) is 58.9 Å². The van der Waals surface area contributed by atoms with Gasteiger partial charge in [0.2, 0.25) is 5.91 Å². The molecule has 1 aliphatic rings. The first kappa shape index (κ1) is 13.9. The second kappa shape index (κ2) is 5.74. The van der Waals surface area contributed by atoms with Crippen LogP contribution >= 0.6 is 11.6 Å². The largest absolute Gasteiger partial charge is 0.370 e. The highest BCUT2D eigenvalue weighted by Crippen LogP contribution is 2.28. The third-order valence-corrected chi connectivity index (χ3v) is 3.89. The molecule has 1 aliphatic heterocycles. The molecule has 0 spiro atoms. The maximum Gasteiger partial charge on any atom is 0.246 e. The van der Waals surface area contributed by atoms with Crippen LogP contribution in [0.1, 0.15) is 12.0 Å². The fourth-order valence-corrected chi connectivity index (χ4v) is 2.68. The van der Waals surface area contributed by atoms with Crippen LogP contribution in [0, 0.1) is 5.82 Å². The van der Waals surface area contributed by atoms with E-state index in [1.54, 1.807) is 6.07 Å². The molecule has 0 bridgehead atoms. The number of carbonyl (C=O) groups excluding carboxylic acids is 1. The Bertz CT molecular complexity index is 669. The van der Waals surface area contributed by atoms with Crippen molar-refractivity contribution < 1.29 is 9.18 Å². The maximum atomic E-state index is 13.8. The SMILES string of the molecule is O=C1Nc2ccccc2CCC1Nc1c(F)cccc1Cl. The Balaban J connectivity index is 1.83. The van der Waals surface area contributed by atoms with Gasteiger partial charge in [0.25, 0.3) is 0 Å². The predicted molar refractivity (Wildman–Crippen MR) is 82.2 cm³/mol. The number of benzene rings is 2. The molecule has 1 amide bonds. The minimum absolute atomic E-state index is 0.172. The van der Waals surface area contributed by atoms with E-state index in [9.17, 15) is 9.18 Å². The number of nitrogens with one attached hydrogen (secondary N) is 2. The van der Waals surface area contributed by atoms with Crippen molar-refractivity contribution in [2.45, 2.75) is 18.9 Å². The lowest BCUT2D eigenvalue weighted by Crippen LogP contribution is -2.34. The molecule has 0 radical (unpaired) electrons. The number of amides is 1. The lowest BCUT2D eigenvalue weighted by Gasteiger charge is -2.18. The number of aryl methyl sites for hydroxylation is 1. The van der Waals surface area contributed by atoms with E-state index < -0.39 is 11.9 Å². The Kier molecular flexibility index (Phi) is 3.80. The average molecular weight is 305 g/mol. The summed E-state index contributed by atoms with van der Waals surface area (Å²) in [7, 11) is 0. The fourth-order valence-electron chi connectivity index (χ4n) is 2.46. The molecular formula is C16H14ClFN2O. The Labute approximate surface area is 127 Å². The topological polar surface area (TPSA) is 41.1 Å². The molecule has 0 saturated carbocycles. The van der Waals surface area contributed by atoms with Gasteiger partial charge in [-0.25, -0.2) is 4.39 Å². The van der Waals surface area contributed by atoms with E-state index in [0.29, 0.717) is 6.42 Å². The Morgan fingerprint density at radius 1 is 1.19 bits per heavy atom. The summed E-state index contributed by atoms with van der Waals surface area (Å²) in [5.74, 6) is -0.642. The van der Waals surface area contributed by atoms with E-state index in [4.69, 9.17) is 11.6 Å². The number of hydrogen-bond donors (Lipinski definition) is 2. The second-order valence-electron chi connectivity index (χ2n) is 4.98. The number of rotatable bonds is 2. The molecule has 2 N–H and O–H groups in total. The van der Waals surface area contributed by atoms with Crippen LogP contribution in [0.15, 0.2) is 42.5 Å². The van der Waals surface area contributed by atoms with E-state index in [0.717, 1.165) is 17.7 Å². The van der Waals surface area contributed by atoms with E-state index in [2.05, 4.69) is 10.6 Å². The summed E-state index contributed by atoms with van der Waals surface area (Å²) in [6, 6.07) is 11.6. The molecule has 1 atom stereocenters. The summed E-state index contributed by atoms with van der Waals surface area (Å²) in [6.07, 6.45) is 1.31. The summed E-state index contributed by atoms with van der Waals surface area (Å²) in [6.45, 7) is 0. The number of hydrogen-bond acceptors (Lipinski definition) is 2. The zero-order valence-corrected chi connectivity index (χ0v) is 12.0. The Hall–Kier alpha value is -2.07. The van der Waals surface area contributed by atoms with Crippen molar-refractivity contribution in [1.82, 2.24) is 0 Å². The van der Waals surface area contributed by atoms with Gasteiger partial charge in [0.05, 0.1) is 10.7 Å². The first-order valence-electron chi connectivity index (χ1n) is 6.74. The average Bonchev–Trinajstić information content (AvgIpc) is 2.62. The van der Waals surface area contributed by atoms with Crippen LogP contribution in [0.4, 0.5) is 15.8 Å². The summed E-state index contributed by atoms with van der Waals surface area (Å²) in [5.41, 5.74) is 2.06. The van der Waals surface area contributed by atoms with Crippen LogP contribution < -0.4 is 10.6 Å². The predicted octanol–water partition coefficient (Wildman–Crippen LogP) is 3.84. The molecule has 3 nitrogen and oxygen atoms in total. The Morgan fingerprint density at radius 3 is 2.81 bits per heavy atom. The lowest BCUT2D eigenvalue weighted by molar-refractivity contribution is -0.116. The zero-order valence-electron chi connectivity index (χ0n) is 11.2. The summed E-state index contributed by atoms with van der Waals surface area (Å²) >= 11 is 5.99. The molecule has 0 fully saturated rings. The molecule has 21 heavy (non-hydrogen) atoms. The monoisotopic (exact) mass is 304 g/mol. The van der Waals surface area contributed by atoms with Crippen LogP contribution in [0.5, 0.6) is 0 Å². The van der Waals surface area contributed by atoms with Gasteiger partial charge >= 0.3 is 0 Å². The number of carbonyl (C=O) groups is 1. The molecule has 0 aromatic heterocycles. The van der Waals surface area contributed by atoms with Crippen LogP contribution in [0.2, 0.25) is 5.02 Å². The van der Waals surface area contributed by atoms with Gasteiger partial charge in [0.15, 0.2) is 0 Å². The van der Waals surface area contributed by atoms with Crippen molar-refractivity contribution in [2.24, 2.45) is 0 Å². The van der Waals surface area contributed by atoms with Gasteiger partial charge in [-0.15, -0.1) is 0 Å². The summed E-state index contributed by atoms with van der Waals surface area (Å²) < 4.78 is 13.8. The zero-order chi connectivity index (χ0) is 14.8. The van der Waals surface area contributed by atoms with Crippen molar-refractivity contribution >= 4 is 28.9 Å². The van der Waals surface area contributed by atoms with Crippen LogP contribution in [-0.4, -0.2) is 11.9 Å². The van der Waals surface area contributed by atoms with E-state index in [1.165, 1.54) is 12.1 Å². The summed E-state index contributed by atoms with van der Waals surface area (Å²) in [4.78, 5) is 12.3. The molecule has 1 heterocycles. The molecular weight excluding hydrogens is 291 g/mol. The number of halogens is 2.